The highest BCUT2D eigenvalue weighted by atomic mass is 28.4. The summed E-state index contributed by atoms with van der Waals surface area (Å²) in [6, 6.07) is 0. The van der Waals surface area contributed by atoms with E-state index >= 15 is 0 Å². The van der Waals surface area contributed by atoms with Crippen LogP contribution in [0, 0.1) is 6.92 Å². The smallest absolute Gasteiger partial charge is 0.371 e. The topological polar surface area (TPSA) is 27.7 Å². The molecule has 77 valence electrons. The minimum Gasteiger partial charge on any atom is -0.371 e. The first kappa shape index (κ1) is 12.8. The molecule has 0 amide bonds. The van der Waals surface area contributed by atoms with Crippen molar-refractivity contribution in [2.75, 3.05) is 19.8 Å². The Morgan fingerprint density at radius 1 is 1.00 bits per heavy atom. The van der Waals surface area contributed by atoms with Crippen LogP contribution in [0.25, 0.3) is 0 Å². The molecule has 0 unspecified atom stereocenters. The van der Waals surface area contributed by atoms with E-state index in [-0.39, 0.29) is 0 Å². The van der Waals surface area contributed by atoms with Crippen LogP contribution in [0.15, 0.2) is 11.8 Å². The summed E-state index contributed by atoms with van der Waals surface area (Å²) in [5, 5.41) is 0. The molecule has 0 saturated carbocycles. The van der Waals surface area contributed by atoms with Crippen molar-refractivity contribution in [1.82, 2.24) is 0 Å². The molecule has 0 aromatic rings. The molecule has 0 atom stereocenters. The summed E-state index contributed by atoms with van der Waals surface area (Å²) in [4.78, 5) is 0. The van der Waals surface area contributed by atoms with Gasteiger partial charge in [-0.2, -0.15) is 0 Å². The third kappa shape index (κ3) is 4.57. The monoisotopic (exact) mass is 203 g/mol. The quantitative estimate of drug-likeness (QED) is 0.592. The van der Waals surface area contributed by atoms with E-state index in [9.17, 15) is 0 Å². The average molecular weight is 203 g/mol. The van der Waals surface area contributed by atoms with E-state index in [1.54, 1.807) is 6.08 Å². The van der Waals surface area contributed by atoms with Crippen molar-refractivity contribution >= 4 is 8.80 Å². The van der Waals surface area contributed by atoms with Crippen molar-refractivity contribution in [3.8, 4) is 0 Å². The van der Waals surface area contributed by atoms with Crippen LogP contribution in [0.3, 0.4) is 0 Å². The van der Waals surface area contributed by atoms with Crippen LogP contribution in [0.4, 0.5) is 0 Å². The number of rotatable bonds is 7. The van der Waals surface area contributed by atoms with Crippen LogP contribution in [-0.2, 0) is 13.3 Å². The van der Waals surface area contributed by atoms with Gasteiger partial charge in [0.2, 0.25) is 0 Å². The van der Waals surface area contributed by atoms with E-state index < -0.39 is 8.80 Å². The first-order valence-corrected chi connectivity index (χ1v) is 6.43. The fraction of sp³-hybridized carbons (Fsp3) is 0.667. The molecule has 0 aromatic heterocycles. The fourth-order valence-electron chi connectivity index (χ4n) is 1.02. The second-order valence-corrected chi connectivity index (χ2v) is 4.71. The molecular formula is C9H19O3Si. The van der Waals surface area contributed by atoms with Crippen LogP contribution < -0.4 is 0 Å². The standard InChI is InChI=1S/C9H19O3Si/c1-5-9-13(10-6-2,11-7-3)12-8-4/h5,9H,1,6-8H2,2-4H3. The highest BCUT2D eigenvalue weighted by molar-refractivity contribution is 6.66. The Balaban J connectivity index is 4.37. The van der Waals surface area contributed by atoms with E-state index in [1.165, 1.54) is 0 Å². The van der Waals surface area contributed by atoms with Gasteiger partial charge in [0.05, 0.1) is 0 Å². The Labute approximate surface area is 82.1 Å². The van der Waals surface area contributed by atoms with Gasteiger partial charge in [-0.25, -0.2) is 0 Å². The summed E-state index contributed by atoms with van der Waals surface area (Å²) >= 11 is 0. The minimum absolute atomic E-state index is 0.594. The summed E-state index contributed by atoms with van der Waals surface area (Å²) < 4.78 is 16.6. The second-order valence-electron chi connectivity index (χ2n) is 2.30. The van der Waals surface area contributed by atoms with E-state index in [2.05, 4.69) is 6.92 Å². The summed E-state index contributed by atoms with van der Waals surface area (Å²) in [5.74, 6) is 0. The van der Waals surface area contributed by atoms with Crippen LogP contribution in [0.1, 0.15) is 20.8 Å². The molecule has 0 aromatic carbocycles. The Morgan fingerprint density at radius 3 is 1.62 bits per heavy atom. The molecule has 0 aliphatic heterocycles. The Morgan fingerprint density at radius 2 is 1.38 bits per heavy atom. The Hall–Kier alpha value is -0.163. The molecule has 0 heterocycles. The van der Waals surface area contributed by atoms with Gasteiger partial charge in [-0.05, 0) is 33.4 Å². The highest BCUT2D eigenvalue weighted by Crippen LogP contribution is 2.11. The van der Waals surface area contributed by atoms with Crippen molar-refractivity contribution in [2.45, 2.75) is 20.8 Å². The first-order chi connectivity index (χ1) is 6.24. The van der Waals surface area contributed by atoms with Gasteiger partial charge in [-0.1, -0.05) is 6.08 Å². The third-order valence-electron chi connectivity index (χ3n) is 1.36. The molecule has 1 radical (unpaired) electrons. The molecule has 0 saturated heterocycles. The predicted octanol–water partition coefficient (Wildman–Crippen LogP) is 1.96. The van der Waals surface area contributed by atoms with Crippen molar-refractivity contribution in [2.24, 2.45) is 0 Å². The van der Waals surface area contributed by atoms with Crippen molar-refractivity contribution in [1.29, 1.82) is 0 Å². The van der Waals surface area contributed by atoms with Gasteiger partial charge in [0, 0.05) is 19.8 Å². The van der Waals surface area contributed by atoms with Crippen molar-refractivity contribution in [3.05, 3.63) is 18.7 Å². The van der Waals surface area contributed by atoms with E-state index in [4.69, 9.17) is 13.3 Å². The molecule has 0 rings (SSSR count). The van der Waals surface area contributed by atoms with E-state index in [0.29, 0.717) is 19.8 Å². The molecule has 0 bridgehead atoms. The Bertz CT molecular complexity index is 131. The molecule has 13 heavy (non-hydrogen) atoms. The molecule has 0 spiro atoms. The number of hydrogen-bond acceptors (Lipinski definition) is 3. The van der Waals surface area contributed by atoms with Crippen LogP contribution >= 0.6 is 0 Å². The zero-order chi connectivity index (χ0) is 10.2. The Kier molecular flexibility index (Phi) is 7.17. The maximum atomic E-state index is 5.52. The molecule has 0 aliphatic carbocycles. The predicted molar refractivity (Wildman–Crippen MR) is 55.1 cm³/mol. The van der Waals surface area contributed by atoms with Gasteiger partial charge in [-0.15, -0.1) is 0 Å². The van der Waals surface area contributed by atoms with Gasteiger partial charge in [0.1, 0.15) is 0 Å². The normalized spacial score (nSPS) is 12.6. The zero-order valence-electron chi connectivity index (χ0n) is 8.71. The molecule has 0 aliphatic rings. The van der Waals surface area contributed by atoms with Crippen LogP contribution in [0.5, 0.6) is 0 Å². The summed E-state index contributed by atoms with van der Waals surface area (Å²) in [7, 11) is -2.54. The summed E-state index contributed by atoms with van der Waals surface area (Å²) in [6.07, 6.45) is 1.67. The van der Waals surface area contributed by atoms with Gasteiger partial charge in [0.25, 0.3) is 0 Å². The first-order valence-electron chi connectivity index (χ1n) is 4.63. The molecule has 0 N–H and O–H groups in total. The highest BCUT2D eigenvalue weighted by Gasteiger charge is 2.36. The van der Waals surface area contributed by atoms with Crippen LogP contribution in [-0.4, -0.2) is 28.6 Å². The zero-order valence-corrected chi connectivity index (χ0v) is 9.71. The SMILES string of the molecule is [CH2]C=C[Si](OCC)(OCC)OCC. The maximum Gasteiger partial charge on any atom is 0.529 e. The van der Waals surface area contributed by atoms with E-state index in [1.807, 2.05) is 26.5 Å². The van der Waals surface area contributed by atoms with E-state index in [0.717, 1.165) is 0 Å². The lowest BCUT2D eigenvalue weighted by Crippen LogP contribution is -2.44. The fourth-order valence-corrected chi connectivity index (χ4v) is 3.05. The maximum absolute atomic E-state index is 5.52. The number of hydrogen-bond donors (Lipinski definition) is 0. The van der Waals surface area contributed by atoms with Crippen molar-refractivity contribution in [3.63, 3.8) is 0 Å². The van der Waals surface area contributed by atoms with Gasteiger partial charge >= 0.3 is 8.80 Å². The number of allylic oxidation sites excluding steroid dienone is 1. The van der Waals surface area contributed by atoms with Gasteiger partial charge in [0.15, 0.2) is 0 Å². The third-order valence-corrected chi connectivity index (χ3v) is 4.08. The summed E-state index contributed by atoms with van der Waals surface area (Å²) in [5.41, 5.74) is 1.81. The lowest BCUT2D eigenvalue weighted by molar-refractivity contribution is 0.0843. The van der Waals surface area contributed by atoms with Crippen LogP contribution in [0.2, 0.25) is 0 Å². The average Bonchev–Trinajstić information content (AvgIpc) is 2.06. The molecule has 0 fully saturated rings. The minimum atomic E-state index is -2.54. The van der Waals surface area contributed by atoms with Gasteiger partial charge < -0.3 is 13.3 Å². The largest absolute Gasteiger partial charge is 0.529 e. The lowest BCUT2D eigenvalue weighted by Gasteiger charge is -2.24. The molecule has 4 heteroatoms. The second kappa shape index (κ2) is 7.26. The summed E-state index contributed by atoms with van der Waals surface area (Å²) in [6.45, 7) is 11.2. The van der Waals surface area contributed by atoms with Crippen molar-refractivity contribution < 1.29 is 13.3 Å². The van der Waals surface area contributed by atoms with Gasteiger partial charge in [-0.3, -0.25) is 0 Å². The molecular weight excluding hydrogens is 184 g/mol. The lowest BCUT2D eigenvalue weighted by atomic mass is 10.8. The molecule has 3 nitrogen and oxygen atoms in total.